The third-order valence-electron chi connectivity index (χ3n) is 13.8. The molecule has 463 valence electrons. The lowest BCUT2D eigenvalue weighted by molar-refractivity contribution is -0.128. The van der Waals surface area contributed by atoms with E-state index in [0.717, 1.165) is 29.6 Å². The van der Waals surface area contributed by atoms with Crippen LogP contribution in [0.1, 0.15) is 6.92 Å². The molecule has 0 aromatic carbocycles. The van der Waals surface area contributed by atoms with Crippen LogP contribution in [0.25, 0.3) is 0 Å². The van der Waals surface area contributed by atoms with Crippen LogP contribution in [0.4, 0.5) is 0 Å². The second kappa shape index (κ2) is 39.1. The molecule has 0 aromatic rings. The Bertz CT molecular complexity index is 2120. The van der Waals surface area contributed by atoms with E-state index in [1.165, 1.54) is 11.8 Å². The number of nitrogens with zero attached hydrogens (tertiary/aromatic N) is 4. The normalized spacial score (nSPS) is 18.8. The van der Waals surface area contributed by atoms with Crippen molar-refractivity contribution in [2.75, 3.05) is 196 Å². The molecule has 25 radical (unpaired) electrons. The minimum Gasteiger partial charge on any atom is -0.380 e. The van der Waals surface area contributed by atoms with Crippen molar-refractivity contribution in [3.8, 4) is 0 Å². The molecule has 5 fully saturated rings. The van der Waals surface area contributed by atoms with Crippen molar-refractivity contribution in [1.29, 1.82) is 0 Å². The van der Waals surface area contributed by atoms with Crippen LogP contribution in [-0.4, -0.2) is 263 Å². The van der Waals surface area contributed by atoms with Gasteiger partial charge in [0.1, 0.15) is 0 Å². The SMILES string of the molecule is CC(=O)N(CCN(CCN(CCS(=O)(=O)CCOC[C]1[CH][CH][CH][CH]1)CCS(=O)(=O)CCOC[C]1[CH][CH][CH][CH]1)CCN(CCS(=O)(=O)CCOC[C]1[CH][CH][CH][CH]1)CCS(=O)(=O)CCOC[C]1[CH][CH][CH][CH]1)CCS(=O)(=O)CCOC[C]1[CH][CH][CH][CH]1. The zero-order valence-corrected chi connectivity index (χ0v) is 51.9. The van der Waals surface area contributed by atoms with Crippen LogP contribution in [0.2, 0.25) is 0 Å². The lowest BCUT2D eigenvalue weighted by Gasteiger charge is -2.32. The van der Waals surface area contributed by atoms with Gasteiger partial charge in [0, 0.05) is 109 Å². The first-order chi connectivity index (χ1) is 39.6. The van der Waals surface area contributed by atoms with Gasteiger partial charge in [-0.1, -0.05) is 0 Å². The molecule has 83 heavy (non-hydrogen) atoms. The van der Waals surface area contributed by atoms with Gasteiger partial charge in [0.05, 0.1) is 124 Å². The van der Waals surface area contributed by atoms with Gasteiger partial charge in [-0.15, -0.1) is 0 Å². The predicted molar refractivity (Wildman–Crippen MR) is 321 cm³/mol. The van der Waals surface area contributed by atoms with Crippen LogP contribution in [0, 0.1) is 158 Å². The maximum atomic E-state index is 13.4. The van der Waals surface area contributed by atoms with E-state index in [2.05, 4.69) is 0 Å². The molecule has 25 heteroatoms. The van der Waals surface area contributed by atoms with Gasteiger partial charge in [-0.3, -0.25) is 9.69 Å². The third kappa shape index (κ3) is 33.3. The average molecular weight is 1250 g/mol. The van der Waals surface area contributed by atoms with Gasteiger partial charge in [-0.2, -0.15) is 0 Å². The summed E-state index contributed by atoms with van der Waals surface area (Å²) in [4.78, 5) is 20.0. The van der Waals surface area contributed by atoms with E-state index in [-0.39, 0.29) is 201 Å². The number of carbonyl (C=O) groups excluding carboxylic acids is 1. The van der Waals surface area contributed by atoms with Gasteiger partial charge in [0.25, 0.3) is 0 Å². The Kier molecular flexibility index (Phi) is 34.2. The highest BCUT2D eigenvalue weighted by Crippen LogP contribution is 2.26. The zero-order valence-electron chi connectivity index (χ0n) is 47.8. The smallest absolute Gasteiger partial charge is 0.219 e. The number of hydrogen-bond acceptors (Lipinski definition) is 19. The molecule has 0 atom stereocenters. The van der Waals surface area contributed by atoms with E-state index in [9.17, 15) is 46.9 Å². The summed E-state index contributed by atoms with van der Waals surface area (Å²) in [6.07, 6.45) is 37.3. The zero-order chi connectivity index (χ0) is 59.9. The van der Waals surface area contributed by atoms with Crippen LogP contribution >= 0.6 is 0 Å². The first-order valence-electron chi connectivity index (χ1n) is 28.0. The van der Waals surface area contributed by atoms with Crippen molar-refractivity contribution in [1.82, 2.24) is 19.6 Å². The number of amides is 1. The maximum Gasteiger partial charge on any atom is 0.219 e. The quantitative estimate of drug-likeness (QED) is 0.0769. The highest BCUT2D eigenvalue weighted by molar-refractivity contribution is 7.92. The van der Waals surface area contributed by atoms with Crippen LogP contribution < -0.4 is 0 Å². The second-order valence-corrected chi connectivity index (χ2v) is 32.0. The minimum absolute atomic E-state index is 0.0231. The molecule has 20 nitrogen and oxygen atoms in total. The van der Waals surface area contributed by atoms with E-state index in [0.29, 0.717) is 0 Å². The summed E-state index contributed by atoms with van der Waals surface area (Å²) in [6, 6.07) is 0. The van der Waals surface area contributed by atoms with Crippen molar-refractivity contribution in [2.24, 2.45) is 0 Å². The van der Waals surface area contributed by atoms with Crippen molar-refractivity contribution >= 4 is 55.1 Å². The Morgan fingerprint density at radius 3 is 0.699 bits per heavy atom. The molecule has 0 unspecified atom stereocenters. The maximum absolute atomic E-state index is 13.4. The molecule has 5 rings (SSSR count). The fraction of sp³-hybridized carbons (Fsp3) is 0.552. The fourth-order valence-corrected chi connectivity index (χ4v) is 14.0. The number of rotatable bonds is 49. The highest BCUT2D eigenvalue weighted by atomic mass is 32.2. The molecule has 5 saturated carbocycles. The highest BCUT2D eigenvalue weighted by Gasteiger charge is 2.26. The molecule has 0 bridgehead atoms. The molecule has 0 saturated heterocycles. The van der Waals surface area contributed by atoms with E-state index in [1.54, 1.807) is 9.80 Å². The molecule has 0 spiro atoms. The molecule has 0 aromatic heterocycles. The largest absolute Gasteiger partial charge is 0.380 e. The molecular weight excluding hydrogens is 1170 g/mol. The number of sulfone groups is 5. The summed E-state index contributed by atoms with van der Waals surface area (Å²) in [7, 11) is -18.4. The number of ether oxygens (including phenoxy) is 5. The van der Waals surface area contributed by atoms with Gasteiger partial charge in [0.15, 0.2) is 49.2 Å². The summed E-state index contributed by atoms with van der Waals surface area (Å²) in [6.45, 7) is 3.14. The summed E-state index contributed by atoms with van der Waals surface area (Å²) >= 11 is 0. The van der Waals surface area contributed by atoms with Gasteiger partial charge in [-0.25, -0.2) is 42.1 Å². The Hall–Kier alpha value is -1.10. The molecule has 0 N–H and O–H groups in total. The first-order valence-corrected chi connectivity index (χ1v) is 37.1. The van der Waals surface area contributed by atoms with Crippen LogP contribution in [0.15, 0.2) is 0 Å². The van der Waals surface area contributed by atoms with Gasteiger partial charge < -0.3 is 38.4 Å². The van der Waals surface area contributed by atoms with Crippen molar-refractivity contribution in [3.05, 3.63) is 158 Å². The van der Waals surface area contributed by atoms with Crippen molar-refractivity contribution in [2.45, 2.75) is 6.92 Å². The van der Waals surface area contributed by atoms with E-state index < -0.39 is 49.2 Å². The lowest BCUT2D eigenvalue weighted by Crippen LogP contribution is -2.46. The van der Waals surface area contributed by atoms with Crippen LogP contribution in [0.5, 0.6) is 0 Å². The second-order valence-electron chi connectivity index (χ2n) is 20.5. The Morgan fingerprint density at radius 2 is 0.482 bits per heavy atom. The molecule has 1 amide bonds. The molecule has 0 aliphatic heterocycles. The van der Waals surface area contributed by atoms with Gasteiger partial charge in [-0.05, 0) is 128 Å². The van der Waals surface area contributed by atoms with E-state index >= 15 is 0 Å². The Labute approximate surface area is 502 Å². The van der Waals surface area contributed by atoms with Crippen LogP contribution in [0.3, 0.4) is 0 Å². The number of hydrogen-bond donors (Lipinski definition) is 0. The lowest BCUT2D eigenvalue weighted by atomic mass is 10.1. The molecule has 5 aliphatic rings. The van der Waals surface area contributed by atoms with E-state index in [4.69, 9.17) is 23.7 Å². The Morgan fingerprint density at radius 1 is 0.289 bits per heavy atom. The molecule has 5 aliphatic carbocycles. The van der Waals surface area contributed by atoms with Gasteiger partial charge in [0.2, 0.25) is 5.91 Å². The monoisotopic (exact) mass is 1250 g/mol. The van der Waals surface area contributed by atoms with E-state index in [1.807, 2.05) is 133 Å². The fourth-order valence-electron chi connectivity index (χ4n) is 8.52. The average Bonchev–Trinajstić information content (AvgIpc) is 4.36. The van der Waals surface area contributed by atoms with Crippen molar-refractivity contribution in [3.63, 3.8) is 0 Å². The predicted octanol–water partition coefficient (Wildman–Crippen LogP) is 0.924. The summed E-state index contributed by atoms with van der Waals surface area (Å²) in [5.41, 5.74) is 0. The number of carbonyl (C=O) groups is 1. The first kappa shape index (κ1) is 72.6. The molecule has 0 heterocycles. The van der Waals surface area contributed by atoms with Crippen LogP contribution in [-0.2, 0) is 77.7 Å². The third-order valence-corrected chi connectivity index (χ3v) is 21.8. The van der Waals surface area contributed by atoms with Gasteiger partial charge >= 0.3 is 0 Å². The summed E-state index contributed by atoms with van der Waals surface area (Å²) < 4.78 is 162. The minimum atomic E-state index is -3.68. The summed E-state index contributed by atoms with van der Waals surface area (Å²) in [5.74, 6) is 1.40. The van der Waals surface area contributed by atoms with Crippen molar-refractivity contribution < 1.29 is 70.6 Å². The Balaban J connectivity index is 1.28. The molecular formula is C58H85N4O16S5. The standard InChI is InChI=1S/C58H85N4O16S5/c1-53(63)62(32-42-83(72,73)47-37-78-52-58-20-10-11-21-58)27-26-59(22-24-60(28-38-79(64,65)43-33-74-48-54-12-2-3-13-54)29-39-80(66,67)44-34-75-49-55-14-4-5-15-55)23-25-61(30-40-81(68,69)45-35-76-50-56-16-6-7-17-56)31-41-82(70,71)46-36-77-51-57-18-8-9-19-57/h2-21H,22-52H2,1H3. The topological polar surface area (TPSA) is 247 Å². The summed E-state index contributed by atoms with van der Waals surface area (Å²) in [5, 5.41) is 0.